The van der Waals surface area contributed by atoms with Gasteiger partial charge in [0.1, 0.15) is 5.65 Å². The fourth-order valence-corrected chi connectivity index (χ4v) is 3.97. The maximum Gasteiger partial charge on any atom is 0.265 e. The van der Waals surface area contributed by atoms with E-state index in [4.69, 9.17) is 4.98 Å². The van der Waals surface area contributed by atoms with E-state index in [1.54, 1.807) is 10.6 Å². The number of likely N-dealkylation sites (tertiary alicyclic amines) is 1. The van der Waals surface area contributed by atoms with E-state index in [-0.39, 0.29) is 5.56 Å². The molecule has 0 amide bonds. The van der Waals surface area contributed by atoms with Crippen LogP contribution in [0.5, 0.6) is 0 Å². The lowest BCUT2D eigenvalue weighted by molar-refractivity contribution is 0.414. The minimum absolute atomic E-state index is 0.00910. The number of pyridine rings is 1. The van der Waals surface area contributed by atoms with Crippen molar-refractivity contribution in [3.05, 3.63) is 64.7 Å². The molecule has 1 fully saturated rings. The minimum atomic E-state index is 0.00910. The monoisotopic (exact) mass is 376 g/mol. The first-order valence-electron chi connectivity index (χ1n) is 10.2. The summed E-state index contributed by atoms with van der Waals surface area (Å²) in [6, 6.07) is 14.4. The van der Waals surface area contributed by atoms with Gasteiger partial charge in [-0.25, -0.2) is 4.98 Å². The Morgan fingerprint density at radius 3 is 2.71 bits per heavy atom. The fourth-order valence-electron chi connectivity index (χ4n) is 3.97. The molecule has 1 N–H and O–H groups in total. The quantitative estimate of drug-likeness (QED) is 0.711. The highest BCUT2D eigenvalue weighted by atomic mass is 16.1. The topological polar surface area (TPSA) is 49.6 Å². The van der Waals surface area contributed by atoms with Crippen LogP contribution in [0.15, 0.2) is 53.5 Å². The van der Waals surface area contributed by atoms with E-state index in [1.807, 2.05) is 30.3 Å². The molecule has 0 radical (unpaired) electrons. The van der Waals surface area contributed by atoms with E-state index < -0.39 is 0 Å². The molecule has 0 unspecified atom stereocenters. The highest BCUT2D eigenvalue weighted by Crippen LogP contribution is 2.24. The molecule has 146 valence electrons. The fraction of sp³-hybridized carbons (Fsp3) is 0.391. The zero-order valence-corrected chi connectivity index (χ0v) is 16.7. The lowest BCUT2D eigenvalue weighted by Gasteiger charge is -2.15. The molecule has 28 heavy (non-hydrogen) atoms. The van der Waals surface area contributed by atoms with Crippen LogP contribution >= 0.6 is 0 Å². The van der Waals surface area contributed by atoms with Gasteiger partial charge in [0.25, 0.3) is 5.56 Å². The maximum atomic E-state index is 13.2. The van der Waals surface area contributed by atoms with E-state index >= 15 is 0 Å². The number of nitrogens with one attached hydrogen (secondary N) is 1. The van der Waals surface area contributed by atoms with Crippen molar-refractivity contribution in [2.24, 2.45) is 0 Å². The maximum absolute atomic E-state index is 13.2. The average Bonchev–Trinajstić information content (AvgIpc) is 3.12. The molecule has 4 rings (SSSR count). The molecule has 0 spiro atoms. The van der Waals surface area contributed by atoms with Crippen molar-refractivity contribution in [1.29, 1.82) is 0 Å². The molecule has 2 aromatic heterocycles. The minimum Gasteiger partial charge on any atom is -0.381 e. The van der Waals surface area contributed by atoms with E-state index in [0.29, 0.717) is 11.7 Å². The Kier molecular flexibility index (Phi) is 5.44. The number of benzene rings is 1. The third kappa shape index (κ3) is 3.80. The Bertz CT molecular complexity index is 1010. The summed E-state index contributed by atoms with van der Waals surface area (Å²) >= 11 is 0. The van der Waals surface area contributed by atoms with Crippen LogP contribution in [-0.4, -0.2) is 40.5 Å². The Hall–Kier alpha value is -2.66. The molecule has 0 aliphatic carbocycles. The number of rotatable bonds is 6. The van der Waals surface area contributed by atoms with Crippen LogP contribution in [0.25, 0.3) is 16.8 Å². The lowest BCUT2D eigenvalue weighted by atomic mass is 10.0. The molecule has 1 aromatic carbocycles. The van der Waals surface area contributed by atoms with Crippen LogP contribution in [0, 0.1) is 0 Å². The Morgan fingerprint density at radius 1 is 1.18 bits per heavy atom. The van der Waals surface area contributed by atoms with Gasteiger partial charge in [-0.3, -0.25) is 9.20 Å². The zero-order chi connectivity index (χ0) is 19.5. The predicted molar refractivity (Wildman–Crippen MR) is 115 cm³/mol. The van der Waals surface area contributed by atoms with Gasteiger partial charge in [-0.05, 0) is 62.7 Å². The second kappa shape index (κ2) is 8.15. The molecule has 1 aliphatic rings. The first-order valence-corrected chi connectivity index (χ1v) is 10.2. The van der Waals surface area contributed by atoms with Gasteiger partial charge in [0.05, 0.1) is 11.3 Å². The summed E-state index contributed by atoms with van der Waals surface area (Å²) in [6.45, 7) is 4.36. The molecule has 3 aromatic rings. The first-order chi connectivity index (χ1) is 13.7. The normalized spacial score (nSPS) is 17.3. The van der Waals surface area contributed by atoms with Crippen molar-refractivity contribution >= 4 is 11.3 Å². The molecule has 5 heteroatoms. The molecule has 1 saturated heterocycles. The first kappa shape index (κ1) is 18.7. The van der Waals surface area contributed by atoms with Crippen LogP contribution < -0.4 is 10.9 Å². The number of hydrogen-bond acceptors (Lipinski definition) is 4. The molecule has 3 heterocycles. The van der Waals surface area contributed by atoms with Crippen LogP contribution in [0.4, 0.5) is 5.69 Å². The highest BCUT2D eigenvalue weighted by molar-refractivity contribution is 5.69. The third-order valence-corrected chi connectivity index (χ3v) is 5.51. The van der Waals surface area contributed by atoms with E-state index in [0.717, 1.165) is 61.3 Å². The molecule has 5 nitrogen and oxygen atoms in total. The van der Waals surface area contributed by atoms with Gasteiger partial charge >= 0.3 is 0 Å². The molecule has 1 atom stereocenters. The number of anilines is 1. The molecular weight excluding hydrogens is 348 g/mol. The van der Waals surface area contributed by atoms with Crippen molar-refractivity contribution in [2.75, 3.05) is 25.5 Å². The predicted octanol–water partition coefficient (Wildman–Crippen LogP) is 3.82. The van der Waals surface area contributed by atoms with Crippen molar-refractivity contribution in [3.8, 4) is 11.1 Å². The van der Waals surface area contributed by atoms with Crippen molar-refractivity contribution in [3.63, 3.8) is 0 Å². The van der Waals surface area contributed by atoms with Crippen LogP contribution in [0.2, 0.25) is 0 Å². The molecule has 0 saturated carbocycles. The van der Waals surface area contributed by atoms with Gasteiger partial charge < -0.3 is 10.2 Å². The number of hydrogen-bond donors (Lipinski definition) is 1. The molecule has 1 aliphatic heterocycles. The van der Waals surface area contributed by atoms with Crippen LogP contribution in [0.3, 0.4) is 0 Å². The summed E-state index contributed by atoms with van der Waals surface area (Å²) in [7, 11) is 2.16. The highest BCUT2D eigenvalue weighted by Gasteiger charge is 2.19. The smallest absolute Gasteiger partial charge is 0.265 e. The second-order valence-corrected chi connectivity index (χ2v) is 7.74. The Labute approximate surface area is 166 Å². The van der Waals surface area contributed by atoms with Gasteiger partial charge in [0.2, 0.25) is 0 Å². The summed E-state index contributed by atoms with van der Waals surface area (Å²) in [5, 5.41) is 3.60. The van der Waals surface area contributed by atoms with Gasteiger partial charge in [0, 0.05) is 24.5 Å². The standard InChI is InChI=1S/C23H28N4O/c1-3-4-7-20-22(23(28)27-14-6-5-8-21(27)25-20)17-9-11-18(12-10-17)24-19-13-15-26(2)16-19/h5-6,8-12,14,19,24H,3-4,7,13,15-16H2,1-2H3/t19-/m1/s1. The van der Waals surface area contributed by atoms with Gasteiger partial charge in [0.15, 0.2) is 0 Å². The number of aryl methyl sites for hydroxylation is 1. The molecule has 0 bridgehead atoms. The third-order valence-electron chi connectivity index (χ3n) is 5.51. The van der Waals surface area contributed by atoms with E-state index in [2.05, 4.69) is 36.3 Å². The number of likely N-dealkylation sites (N-methyl/N-ethyl adjacent to an activating group) is 1. The van der Waals surface area contributed by atoms with Crippen LogP contribution in [-0.2, 0) is 6.42 Å². The van der Waals surface area contributed by atoms with Gasteiger partial charge in [-0.1, -0.05) is 31.5 Å². The van der Waals surface area contributed by atoms with Crippen molar-refractivity contribution in [1.82, 2.24) is 14.3 Å². The van der Waals surface area contributed by atoms with Gasteiger partial charge in [-0.15, -0.1) is 0 Å². The largest absolute Gasteiger partial charge is 0.381 e. The second-order valence-electron chi connectivity index (χ2n) is 7.74. The van der Waals surface area contributed by atoms with E-state index in [1.165, 1.54) is 0 Å². The summed E-state index contributed by atoms with van der Waals surface area (Å²) in [5.74, 6) is 0. The van der Waals surface area contributed by atoms with E-state index in [9.17, 15) is 4.79 Å². The summed E-state index contributed by atoms with van der Waals surface area (Å²) in [4.78, 5) is 20.4. The number of nitrogens with zero attached hydrogens (tertiary/aromatic N) is 3. The van der Waals surface area contributed by atoms with Crippen molar-refractivity contribution < 1.29 is 0 Å². The SMILES string of the molecule is CCCCc1nc2ccccn2c(=O)c1-c1ccc(N[C@@H]2CCN(C)C2)cc1. The number of aromatic nitrogens is 2. The average molecular weight is 377 g/mol. The van der Waals surface area contributed by atoms with Gasteiger partial charge in [-0.2, -0.15) is 0 Å². The number of unbranched alkanes of at least 4 members (excludes halogenated alkanes) is 1. The van der Waals surface area contributed by atoms with Crippen molar-refractivity contribution in [2.45, 2.75) is 38.6 Å². The summed E-state index contributed by atoms with van der Waals surface area (Å²) in [5.41, 5.74) is 4.39. The Morgan fingerprint density at radius 2 is 2.00 bits per heavy atom. The summed E-state index contributed by atoms with van der Waals surface area (Å²) < 4.78 is 1.64. The Balaban J connectivity index is 1.69. The zero-order valence-electron chi connectivity index (χ0n) is 16.7. The lowest BCUT2D eigenvalue weighted by Crippen LogP contribution is -2.23. The number of fused-ring (bicyclic) bond motifs is 1. The summed E-state index contributed by atoms with van der Waals surface area (Å²) in [6.07, 6.45) is 5.88. The molecular formula is C23H28N4O. The van der Waals surface area contributed by atoms with Crippen LogP contribution in [0.1, 0.15) is 31.9 Å².